The molecule has 0 N–H and O–H groups in total. The summed E-state index contributed by atoms with van der Waals surface area (Å²) in [5, 5.41) is 0. The van der Waals surface area contributed by atoms with Crippen LogP contribution in [0.4, 0.5) is 17.6 Å². The lowest BCUT2D eigenvalue weighted by Crippen LogP contribution is -2.17. The first kappa shape index (κ1) is 12.6. The first-order chi connectivity index (χ1) is 7.18. The van der Waals surface area contributed by atoms with Gasteiger partial charge in [0.25, 0.3) is 0 Å². The molecule has 0 saturated carbocycles. The average molecular weight is 230 g/mol. The van der Waals surface area contributed by atoms with E-state index >= 15 is 0 Å². The highest BCUT2D eigenvalue weighted by Crippen LogP contribution is 2.34. The van der Waals surface area contributed by atoms with E-state index in [0.717, 1.165) is 12.1 Å². The topological polar surface area (TPSA) is 0 Å². The first-order valence-corrected chi connectivity index (χ1v) is 4.53. The fraction of sp³-hybridized carbons (Fsp3) is 0.333. The van der Waals surface area contributed by atoms with Gasteiger partial charge in [0.1, 0.15) is 5.82 Å². The molecule has 0 amide bonds. The highest BCUT2D eigenvalue weighted by molar-refractivity contribution is 5.36. The van der Waals surface area contributed by atoms with Gasteiger partial charge in [-0.2, -0.15) is 13.2 Å². The molecule has 16 heavy (non-hydrogen) atoms. The third kappa shape index (κ3) is 2.35. The molecule has 1 aromatic rings. The Morgan fingerprint density at radius 2 is 1.75 bits per heavy atom. The Bertz CT molecular complexity index is 435. The van der Waals surface area contributed by atoms with E-state index in [9.17, 15) is 17.6 Å². The molecule has 0 aliphatic rings. The van der Waals surface area contributed by atoms with Gasteiger partial charge in [0.2, 0.25) is 0 Å². The summed E-state index contributed by atoms with van der Waals surface area (Å²) < 4.78 is 50.3. The summed E-state index contributed by atoms with van der Waals surface area (Å²) in [5.74, 6) is 1.08. The second-order valence-electron chi connectivity index (χ2n) is 3.96. The van der Waals surface area contributed by atoms with Gasteiger partial charge < -0.3 is 0 Å². The summed E-state index contributed by atoms with van der Waals surface area (Å²) in [5.41, 5.74) is -1.87. The Labute approximate surface area is 91.3 Å². The van der Waals surface area contributed by atoms with Crippen molar-refractivity contribution in [2.24, 2.45) is 0 Å². The SMILES string of the molecule is C#CC(C)(C)c1ccc(F)c(C(F)(F)F)c1. The second-order valence-corrected chi connectivity index (χ2v) is 3.96. The molecule has 0 unspecified atom stereocenters. The number of alkyl halides is 3. The predicted octanol–water partition coefficient (Wildman–Crippen LogP) is 3.76. The number of halogens is 4. The summed E-state index contributed by atoms with van der Waals surface area (Å²) in [7, 11) is 0. The van der Waals surface area contributed by atoms with Gasteiger partial charge in [-0.1, -0.05) is 12.0 Å². The minimum absolute atomic E-state index is 0.267. The lowest BCUT2D eigenvalue weighted by molar-refractivity contribution is -0.140. The number of rotatable bonds is 1. The highest BCUT2D eigenvalue weighted by Gasteiger charge is 2.35. The molecule has 0 aliphatic heterocycles. The third-order valence-electron chi connectivity index (χ3n) is 2.35. The average Bonchev–Trinajstić information content (AvgIpc) is 2.16. The summed E-state index contributed by atoms with van der Waals surface area (Å²) >= 11 is 0. The van der Waals surface area contributed by atoms with E-state index in [1.54, 1.807) is 13.8 Å². The van der Waals surface area contributed by atoms with Crippen LogP contribution in [0.1, 0.15) is 25.0 Å². The maximum atomic E-state index is 13.0. The van der Waals surface area contributed by atoms with Crippen LogP contribution in [0.5, 0.6) is 0 Å². The largest absolute Gasteiger partial charge is 0.419 e. The summed E-state index contributed by atoms with van der Waals surface area (Å²) in [4.78, 5) is 0. The number of terminal acetylenes is 1. The van der Waals surface area contributed by atoms with Crippen molar-refractivity contribution in [3.05, 3.63) is 35.1 Å². The Hall–Kier alpha value is -1.50. The fourth-order valence-electron chi connectivity index (χ4n) is 1.21. The zero-order valence-corrected chi connectivity index (χ0v) is 8.82. The van der Waals surface area contributed by atoms with Crippen molar-refractivity contribution >= 4 is 0 Å². The van der Waals surface area contributed by atoms with Crippen molar-refractivity contribution < 1.29 is 17.6 Å². The predicted molar refractivity (Wildman–Crippen MR) is 53.3 cm³/mol. The van der Waals surface area contributed by atoms with Crippen LogP contribution in [0, 0.1) is 18.2 Å². The summed E-state index contributed by atoms with van der Waals surface area (Å²) in [6.45, 7) is 3.20. The van der Waals surface area contributed by atoms with Gasteiger partial charge in [-0.3, -0.25) is 0 Å². The van der Waals surface area contributed by atoms with Gasteiger partial charge in [-0.25, -0.2) is 4.39 Å². The van der Waals surface area contributed by atoms with E-state index in [2.05, 4.69) is 5.92 Å². The van der Waals surface area contributed by atoms with Gasteiger partial charge >= 0.3 is 6.18 Å². The maximum Gasteiger partial charge on any atom is 0.419 e. The Morgan fingerprint density at radius 1 is 1.19 bits per heavy atom. The van der Waals surface area contributed by atoms with Gasteiger partial charge in [-0.15, -0.1) is 6.42 Å². The van der Waals surface area contributed by atoms with E-state index in [-0.39, 0.29) is 5.56 Å². The second kappa shape index (κ2) is 3.82. The van der Waals surface area contributed by atoms with E-state index in [1.807, 2.05) is 0 Å². The van der Waals surface area contributed by atoms with Gasteiger partial charge in [-0.05, 0) is 31.5 Å². The molecule has 1 aromatic carbocycles. The molecule has 0 atom stereocenters. The van der Waals surface area contributed by atoms with Crippen molar-refractivity contribution in [1.29, 1.82) is 0 Å². The van der Waals surface area contributed by atoms with Crippen molar-refractivity contribution in [1.82, 2.24) is 0 Å². The molecule has 0 saturated heterocycles. The fourth-order valence-corrected chi connectivity index (χ4v) is 1.21. The molecule has 0 aliphatic carbocycles. The molecule has 0 heterocycles. The van der Waals surface area contributed by atoms with Crippen LogP contribution >= 0.6 is 0 Å². The third-order valence-corrected chi connectivity index (χ3v) is 2.35. The van der Waals surface area contributed by atoms with E-state index in [1.165, 1.54) is 6.07 Å². The van der Waals surface area contributed by atoms with Crippen LogP contribution in [0.3, 0.4) is 0 Å². The van der Waals surface area contributed by atoms with Crippen LogP contribution in [0.15, 0.2) is 18.2 Å². The zero-order chi connectivity index (χ0) is 12.6. The van der Waals surface area contributed by atoms with Crippen LogP contribution in [0.25, 0.3) is 0 Å². The minimum atomic E-state index is -4.70. The quantitative estimate of drug-likeness (QED) is 0.509. The molecule has 0 spiro atoms. The molecule has 86 valence electrons. The van der Waals surface area contributed by atoms with Crippen molar-refractivity contribution in [2.75, 3.05) is 0 Å². The van der Waals surface area contributed by atoms with E-state index in [4.69, 9.17) is 6.42 Å². The van der Waals surface area contributed by atoms with Gasteiger partial charge in [0.05, 0.1) is 11.0 Å². The summed E-state index contributed by atoms with van der Waals surface area (Å²) in [6, 6.07) is 2.82. The number of benzene rings is 1. The van der Waals surface area contributed by atoms with Crippen LogP contribution < -0.4 is 0 Å². The Morgan fingerprint density at radius 3 is 2.19 bits per heavy atom. The lowest BCUT2D eigenvalue weighted by atomic mass is 9.85. The first-order valence-electron chi connectivity index (χ1n) is 4.53. The molecule has 4 heteroatoms. The monoisotopic (exact) mass is 230 g/mol. The standard InChI is InChI=1S/C12H10F4/c1-4-11(2,3)8-5-6-10(13)9(7-8)12(14,15)16/h1,5-7H,2-3H3. The summed E-state index contributed by atoms with van der Waals surface area (Å²) in [6.07, 6.45) is 0.507. The van der Waals surface area contributed by atoms with Crippen molar-refractivity contribution in [3.8, 4) is 12.3 Å². The molecule has 0 fully saturated rings. The number of hydrogen-bond donors (Lipinski definition) is 0. The molecule has 0 nitrogen and oxygen atoms in total. The molecule has 0 bridgehead atoms. The lowest BCUT2D eigenvalue weighted by Gasteiger charge is -2.19. The minimum Gasteiger partial charge on any atom is -0.206 e. The molecule has 0 radical (unpaired) electrons. The molecule has 1 rings (SSSR count). The van der Waals surface area contributed by atoms with E-state index < -0.39 is 23.0 Å². The van der Waals surface area contributed by atoms with Crippen LogP contribution in [0.2, 0.25) is 0 Å². The highest BCUT2D eigenvalue weighted by atomic mass is 19.4. The number of hydrogen-bond acceptors (Lipinski definition) is 0. The van der Waals surface area contributed by atoms with Crippen molar-refractivity contribution in [3.63, 3.8) is 0 Å². The smallest absolute Gasteiger partial charge is 0.206 e. The van der Waals surface area contributed by atoms with Gasteiger partial charge in [0.15, 0.2) is 0 Å². The van der Waals surface area contributed by atoms with Crippen LogP contribution in [-0.4, -0.2) is 0 Å². The maximum absolute atomic E-state index is 13.0. The molecular weight excluding hydrogens is 220 g/mol. The van der Waals surface area contributed by atoms with Crippen LogP contribution in [-0.2, 0) is 11.6 Å². The molecular formula is C12H10F4. The Kier molecular flexibility index (Phi) is 3.00. The normalized spacial score (nSPS) is 12.3. The van der Waals surface area contributed by atoms with E-state index in [0.29, 0.717) is 0 Å². The van der Waals surface area contributed by atoms with Crippen molar-refractivity contribution in [2.45, 2.75) is 25.4 Å². The Balaban J connectivity index is 3.36. The van der Waals surface area contributed by atoms with Gasteiger partial charge in [0, 0.05) is 0 Å². The molecule has 0 aromatic heterocycles. The zero-order valence-electron chi connectivity index (χ0n) is 8.82.